The molecule has 0 atom stereocenters. The van der Waals surface area contributed by atoms with Crippen molar-refractivity contribution < 1.29 is 14.3 Å². The summed E-state index contributed by atoms with van der Waals surface area (Å²) in [5, 5.41) is 2.82. The monoisotopic (exact) mass is 246 g/mol. The van der Waals surface area contributed by atoms with Gasteiger partial charge in [-0.05, 0) is 11.6 Å². The van der Waals surface area contributed by atoms with Crippen LogP contribution in [0.3, 0.4) is 0 Å². The Labute approximate surface area is 97.2 Å². The van der Waals surface area contributed by atoms with Gasteiger partial charge in [0.05, 0.1) is 20.6 Å². The van der Waals surface area contributed by atoms with Crippen LogP contribution in [-0.4, -0.2) is 41.7 Å². The fourth-order valence-corrected chi connectivity index (χ4v) is 1.03. The average Bonchev–Trinajstić information content (AvgIpc) is 2.28. The van der Waals surface area contributed by atoms with E-state index in [0.717, 1.165) is 0 Å². The van der Waals surface area contributed by atoms with Gasteiger partial charge in [0.2, 0.25) is 11.2 Å². The Morgan fingerprint density at radius 3 is 2.75 bits per heavy atom. The van der Waals surface area contributed by atoms with Gasteiger partial charge >= 0.3 is 12.0 Å². The quantitative estimate of drug-likeness (QED) is 0.758. The first kappa shape index (κ1) is 12.4. The molecule has 1 rings (SSSR count). The topological polar surface area (TPSA) is 86.2 Å². The van der Waals surface area contributed by atoms with E-state index in [4.69, 9.17) is 16.3 Å². The van der Waals surface area contributed by atoms with Gasteiger partial charge in [0.25, 0.3) is 0 Å². The molecule has 1 aromatic rings. The fraction of sp³-hybridized carbons (Fsp3) is 0.500. The van der Waals surface area contributed by atoms with Crippen LogP contribution in [0.25, 0.3) is 0 Å². The second-order valence-electron chi connectivity index (χ2n) is 2.67. The molecule has 0 spiro atoms. The molecule has 7 nitrogen and oxygen atoms in total. The van der Waals surface area contributed by atoms with Gasteiger partial charge in [0.1, 0.15) is 0 Å². The largest absolute Gasteiger partial charge is 0.469 e. The first-order valence-electron chi connectivity index (χ1n) is 4.42. The number of methoxy groups -OCH3 is 2. The van der Waals surface area contributed by atoms with Gasteiger partial charge in [0, 0.05) is 6.54 Å². The van der Waals surface area contributed by atoms with Crippen molar-refractivity contribution in [3.63, 3.8) is 0 Å². The van der Waals surface area contributed by atoms with Crippen LogP contribution in [0.2, 0.25) is 5.28 Å². The molecule has 0 saturated carbocycles. The van der Waals surface area contributed by atoms with Crippen LogP contribution in [0.1, 0.15) is 6.42 Å². The summed E-state index contributed by atoms with van der Waals surface area (Å²) in [6, 6.07) is 0.112. The summed E-state index contributed by atoms with van der Waals surface area (Å²) < 4.78 is 9.28. The third-order valence-electron chi connectivity index (χ3n) is 1.61. The molecule has 16 heavy (non-hydrogen) atoms. The summed E-state index contributed by atoms with van der Waals surface area (Å²) in [6.45, 7) is 0.343. The minimum Gasteiger partial charge on any atom is -0.469 e. The molecular weight excluding hydrogens is 236 g/mol. The van der Waals surface area contributed by atoms with Crippen molar-refractivity contribution in [3.8, 4) is 6.01 Å². The lowest BCUT2D eigenvalue weighted by Gasteiger charge is -2.04. The number of hydrogen-bond acceptors (Lipinski definition) is 7. The van der Waals surface area contributed by atoms with Crippen molar-refractivity contribution >= 4 is 23.5 Å². The van der Waals surface area contributed by atoms with E-state index in [-0.39, 0.29) is 29.6 Å². The molecule has 0 saturated heterocycles. The van der Waals surface area contributed by atoms with Gasteiger partial charge in [-0.3, -0.25) is 4.79 Å². The molecule has 1 N–H and O–H groups in total. The zero-order valence-electron chi connectivity index (χ0n) is 8.86. The molecule has 0 unspecified atom stereocenters. The summed E-state index contributed by atoms with van der Waals surface area (Å²) in [6.07, 6.45) is 0.210. The van der Waals surface area contributed by atoms with Crippen molar-refractivity contribution in [2.75, 3.05) is 26.1 Å². The van der Waals surface area contributed by atoms with E-state index < -0.39 is 0 Å². The molecule has 88 valence electrons. The SMILES string of the molecule is COC(=O)CCNc1nc(Cl)nc(OC)n1. The van der Waals surface area contributed by atoms with Crippen molar-refractivity contribution in [2.24, 2.45) is 0 Å². The summed E-state index contributed by atoms with van der Waals surface area (Å²) >= 11 is 5.62. The lowest BCUT2D eigenvalue weighted by atomic mass is 10.4. The van der Waals surface area contributed by atoms with E-state index in [2.05, 4.69) is 25.0 Å². The highest BCUT2D eigenvalue weighted by molar-refractivity contribution is 6.28. The number of rotatable bonds is 5. The van der Waals surface area contributed by atoms with Crippen LogP contribution in [0.15, 0.2) is 0 Å². The van der Waals surface area contributed by atoms with Crippen molar-refractivity contribution in [3.05, 3.63) is 5.28 Å². The second-order valence-corrected chi connectivity index (χ2v) is 3.01. The van der Waals surface area contributed by atoms with E-state index in [1.807, 2.05) is 0 Å². The maximum Gasteiger partial charge on any atom is 0.322 e. The Balaban J connectivity index is 2.53. The standard InChI is InChI=1S/C8H11ClN4O3/c1-15-5(14)3-4-10-7-11-6(9)12-8(13-7)16-2/h3-4H2,1-2H3,(H,10,11,12,13). The third kappa shape index (κ3) is 3.85. The van der Waals surface area contributed by atoms with E-state index in [1.54, 1.807) is 0 Å². The predicted molar refractivity (Wildman–Crippen MR) is 56.5 cm³/mol. The van der Waals surface area contributed by atoms with Crippen molar-refractivity contribution in [2.45, 2.75) is 6.42 Å². The van der Waals surface area contributed by atoms with Gasteiger partial charge < -0.3 is 14.8 Å². The molecule has 8 heteroatoms. The number of nitrogens with one attached hydrogen (secondary N) is 1. The molecule has 1 aromatic heterocycles. The van der Waals surface area contributed by atoms with Gasteiger partial charge in [-0.2, -0.15) is 15.0 Å². The summed E-state index contributed by atoms with van der Waals surface area (Å²) in [5.74, 6) is -0.0691. The van der Waals surface area contributed by atoms with Crippen LogP contribution in [-0.2, 0) is 9.53 Å². The highest BCUT2D eigenvalue weighted by atomic mass is 35.5. The van der Waals surface area contributed by atoms with E-state index in [0.29, 0.717) is 6.54 Å². The number of halogens is 1. The first-order valence-corrected chi connectivity index (χ1v) is 4.79. The van der Waals surface area contributed by atoms with Crippen LogP contribution >= 0.6 is 11.6 Å². The Bertz CT molecular complexity index is 374. The summed E-state index contributed by atoms with van der Waals surface area (Å²) in [5.41, 5.74) is 0. The number of esters is 1. The minimum atomic E-state index is -0.320. The molecule has 1 heterocycles. The van der Waals surface area contributed by atoms with Crippen LogP contribution in [0.5, 0.6) is 6.01 Å². The Morgan fingerprint density at radius 2 is 2.12 bits per heavy atom. The highest BCUT2D eigenvalue weighted by Gasteiger charge is 2.05. The molecule has 0 radical (unpaired) electrons. The lowest BCUT2D eigenvalue weighted by Crippen LogP contribution is -2.12. The summed E-state index contributed by atoms with van der Waals surface area (Å²) in [4.78, 5) is 22.2. The van der Waals surface area contributed by atoms with Gasteiger partial charge in [0.15, 0.2) is 0 Å². The van der Waals surface area contributed by atoms with Gasteiger partial charge in [-0.25, -0.2) is 0 Å². The normalized spacial score (nSPS) is 9.69. The van der Waals surface area contributed by atoms with Crippen molar-refractivity contribution in [1.29, 1.82) is 0 Å². The zero-order valence-corrected chi connectivity index (χ0v) is 9.61. The molecule has 0 aliphatic heterocycles. The van der Waals surface area contributed by atoms with Gasteiger partial charge in [-0.1, -0.05) is 0 Å². The number of carbonyl (C=O) groups excluding carboxylic acids is 1. The smallest absolute Gasteiger partial charge is 0.322 e. The number of nitrogens with zero attached hydrogens (tertiary/aromatic N) is 3. The molecular formula is C8H11ClN4O3. The summed E-state index contributed by atoms with van der Waals surface area (Å²) in [7, 11) is 2.75. The number of ether oxygens (including phenoxy) is 2. The zero-order chi connectivity index (χ0) is 12.0. The van der Waals surface area contributed by atoms with Crippen molar-refractivity contribution in [1.82, 2.24) is 15.0 Å². The molecule has 0 bridgehead atoms. The van der Waals surface area contributed by atoms with Gasteiger partial charge in [-0.15, -0.1) is 0 Å². The lowest BCUT2D eigenvalue weighted by molar-refractivity contribution is -0.140. The molecule has 0 aliphatic carbocycles. The molecule has 0 amide bonds. The number of carbonyl (C=O) groups is 1. The van der Waals surface area contributed by atoms with E-state index >= 15 is 0 Å². The Hall–Kier alpha value is -1.63. The number of anilines is 1. The number of aromatic nitrogens is 3. The second kappa shape index (κ2) is 6.06. The van der Waals surface area contributed by atoms with Crippen LogP contribution in [0.4, 0.5) is 5.95 Å². The predicted octanol–water partition coefficient (Wildman–Crippen LogP) is 0.509. The van der Waals surface area contributed by atoms with E-state index in [9.17, 15) is 4.79 Å². The van der Waals surface area contributed by atoms with Crippen LogP contribution < -0.4 is 10.1 Å². The average molecular weight is 247 g/mol. The fourth-order valence-electron chi connectivity index (χ4n) is 0.881. The number of hydrogen-bond donors (Lipinski definition) is 1. The Kier molecular flexibility index (Phi) is 4.71. The first-order chi connectivity index (χ1) is 7.65. The Morgan fingerprint density at radius 1 is 1.38 bits per heavy atom. The molecule has 0 aliphatic rings. The van der Waals surface area contributed by atoms with Crippen LogP contribution in [0, 0.1) is 0 Å². The highest BCUT2D eigenvalue weighted by Crippen LogP contribution is 2.10. The molecule has 0 aromatic carbocycles. The molecule has 0 fully saturated rings. The third-order valence-corrected chi connectivity index (χ3v) is 1.78. The minimum absolute atomic E-state index is 0.0208. The maximum atomic E-state index is 10.8. The van der Waals surface area contributed by atoms with E-state index in [1.165, 1.54) is 14.2 Å². The maximum absolute atomic E-state index is 10.8.